The van der Waals surface area contributed by atoms with Crippen molar-refractivity contribution in [2.45, 2.75) is 33.6 Å². The third-order valence-electron chi connectivity index (χ3n) is 2.98. The van der Waals surface area contributed by atoms with Gasteiger partial charge >= 0.3 is 0 Å². The first-order valence-electron chi connectivity index (χ1n) is 5.77. The lowest BCUT2D eigenvalue weighted by Gasteiger charge is -2.33. The molecule has 0 aromatic heterocycles. The summed E-state index contributed by atoms with van der Waals surface area (Å²) in [5.74, 6) is 0.490. The number of piperidine rings is 1. The van der Waals surface area contributed by atoms with E-state index in [0.717, 1.165) is 12.8 Å². The van der Waals surface area contributed by atoms with Gasteiger partial charge in [0.1, 0.15) is 0 Å². The standard InChI is InChI=1S/C10H22N2O2S/c1-4-11(5-2)15(13,14)12-8-6-7-10(3)9-12/h10H,4-9H2,1-3H3. The van der Waals surface area contributed by atoms with E-state index in [4.69, 9.17) is 0 Å². The quantitative estimate of drug-likeness (QED) is 0.736. The molecular weight excluding hydrogens is 212 g/mol. The Morgan fingerprint density at radius 1 is 1.33 bits per heavy atom. The lowest BCUT2D eigenvalue weighted by atomic mass is 10.0. The van der Waals surface area contributed by atoms with Crippen molar-refractivity contribution in [1.82, 2.24) is 8.61 Å². The first-order chi connectivity index (χ1) is 7.02. The van der Waals surface area contributed by atoms with E-state index < -0.39 is 10.2 Å². The van der Waals surface area contributed by atoms with E-state index in [1.165, 1.54) is 4.31 Å². The van der Waals surface area contributed by atoms with Gasteiger partial charge in [-0.15, -0.1) is 0 Å². The van der Waals surface area contributed by atoms with Crippen LogP contribution < -0.4 is 0 Å². The van der Waals surface area contributed by atoms with Crippen LogP contribution in [0.2, 0.25) is 0 Å². The molecule has 1 heterocycles. The van der Waals surface area contributed by atoms with E-state index in [0.29, 0.717) is 32.1 Å². The van der Waals surface area contributed by atoms with E-state index in [2.05, 4.69) is 6.92 Å². The Hall–Kier alpha value is -0.130. The lowest BCUT2D eigenvalue weighted by Crippen LogP contribution is -2.47. The number of hydrogen-bond donors (Lipinski definition) is 0. The van der Waals surface area contributed by atoms with Crippen molar-refractivity contribution in [1.29, 1.82) is 0 Å². The van der Waals surface area contributed by atoms with Crippen LogP contribution in [0, 0.1) is 5.92 Å². The maximum atomic E-state index is 12.1. The Kier molecular flexibility index (Phi) is 4.55. The fourth-order valence-electron chi connectivity index (χ4n) is 2.07. The molecule has 0 aromatic rings. The summed E-state index contributed by atoms with van der Waals surface area (Å²) in [5, 5.41) is 0. The Morgan fingerprint density at radius 3 is 2.40 bits per heavy atom. The molecule has 1 aliphatic heterocycles. The third-order valence-corrected chi connectivity index (χ3v) is 5.13. The smallest absolute Gasteiger partial charge is 0.195 e. The summed E-state index contributed by atoms with van der Waals surface area (Å²) in [7, 11) is -3.19. The van der Waals surface area contributed by atoms with Gasteiger partial charge in [0.15, 0.2) is 0 Å². The average molecular weight is 234 g/mol. The summed E-state index contributed by atoms with van der Waals surface area (Å²) < 4.78 is 27.5. The minimum atomic E-state index is -3.19. The zero-order valence-corrected chi connectivity index (χ0v) is 10.8. The normalized spacial score (nSPS) is 24.7. The summed E-state index contributed by atoms with van der Waals surface area (Å²) in [4.78, 5) is 0. The average Bonchev–Trinajstić information content (AvgIpc) is 2.19. The molecule has 5 heteroatoms. The number of rotatable bonds is 4. The van der Waals surface area contributed by atoms with Gasteiger partial charge in [0, 0.05) is 26.2 Å². The summed E-state index contributed by atoms with van der Waals surface area (Å²) in [6.07, 6.45) is 2.13. The van der Waals surface area contributed by atoms with Gasteiger partial charge in [0.25, 0.3) is 10.2 Å². The molecule has 90 valence electrons. The molecule has 0 aromatic carbocycles. The molecule has 0 radical (unpaired) electrons. The highest BCUT2D eigenvalue weighted by Crippen LogP contribution is 2.20. The monoisotopic (exact) mass is 234 g/mol. The van der Waals surface area contributed by atoms with Gasteiger partial charge in [0.2, 0.25) is 0 Å². The molecule has 15 heavy (non-hydrogen) atoms. The summed E-state index contributed by atoms with van der Waals surface area (Å²) in [6, 6.07) is 0. The van der Waals surface area contributed by atoms with Crippen LogP contribution in [0.4, 0.5) is 0 Å². The van der Waals surface area contributed by atoms with Crippen LogP contribution >= 0.6 is 0 Å². The number of nitrogens with zero attached hydrogens (tertiary/aromatic N) is 2. The molecular formula is C10H22N2O2S. The van der Waals surface area contributed by atoms with Crippen LogP contribution in [0.1, 0.15) is 33.6 Å². The minimum absolute atomic E-state index is 0.490. The van der Waals surface area contributed by atoms with Gasteiger partial charge in [-0.2, -0.15) is 17.0 Å². The largest absolute Gasteiger partial charge is 0.281 e. The van der Waals surface area contributed by atoms with Crippen LogP contribution in [0.3, 0.4) is 0 Å². The maximum Gasteiger partial charge on any atom is 0.281 e. The van der Waals surface area contributed by atoms with Crippen molar-refractivity contribution in [2.75, 3.05) is 26.2 Å². The second-order valence-corrected chi connectivity index (χ2v) is 6.13. The first-order valence-corrected chi connectivity index (χ1v) is 7.17. The molecule has 0 bridgehead atoms. The fraction of sp³-hybridized carbons (Fsp3) is 1.00. The van der Waals surface area contributed by atoms with Crippen molar-refractivity contribution in [2.24, 2.45) is 5.92 Å². The molecule has 0 saturated carbocycles. The summed E-state index contributed by atoms with van der Waals surface area (Å²) in [5.41, 5.74) is 0. The van der Waals surface area contributed by atoms with Gasteiger partial charge in [0.05, 0.1) is 0 Å². The molecule has 0 N–H and O–H groups in total. The summed E-state index contributed by atoms with van der Waals surface area (Å²) >= 11 is 0. The topological polar surface area (TPSA) is 40.6 Å². The first kappa shape index (κ1) is 12.9. The zero-order valence-electron chi connectivity index (χ0n) is 9.94. The van der Waals surface area contributed by atoms with Gasteiger partial charge in [-0.25, -0.2) is 0 Å². The molecule has 1 aliphatic rings. The van der Waals surface area contributed by atoms with Crippen LogP contribution in [-0.4, -0.2) is 43.2 Å². The highest BCUT2D eigenvalue weighted by atomic mass is 32.2. The van der Waals surface area contributed by atoms with Crippen molar-refractivity contribution < 1.29 is 8.42 Å². The van der Waals surface area contributed by atoms with E-state index >= 15 is 0 Å². The molecule has 1 fully saturated rings. The van der Waals surface area contributed by atoms with E-state index in [9.17, 15) is 8.42 Å². The molecule has 1 rings (SSSR count). The van der Waals surface area contributed by atoms with E-state index in [1.54, 1.807) is 4.31 Å². The Morgan fingerprint density at radius 2 is 1.93 bits per heavy atom. The van der Waals surface area contributed by atoms with Crippen molar-refractivity contribution in [3.05, 3.63) is 0 Å². The fourth-order valence-corrected chi connectivity index (χ4v) is 3.85. The summed E-state index contributed by atoms with van der Waals surface area (Å²) in [6.45, 7) is 8.36. The predicted octanol–water partition coefficient (Wildman–Crippen LogP) is 1.30. The molecule has 1 unspecified atom stereocenters. The Balaban J connectivity index is 2.75. The van der Waals surface area contributed by atoms with Crippen LogP contribution in [0.5, 0.6) is 0 Å². The third kappa shape index (κ3) is 2.92. The second kappa shape index (κ2) is 5.27. The maximum absolute atomic E-state index is 12.1. The van der Waals surface area contributed by atoms with Crippen LogP contribution in [-0.2, 0) is 10.2 Å². The van der Waals surface area contributed by atoms with Crippen LogP contribution in [0.25, 0.3) is 0 Å². The van der Waals surface area contributed by atoms with Gasteiger partial charge in [-0.3, -0.25) is 0 Å². The van der Waals surface area contributed by atoms with Gasteiger partial charge in [-0.05, 0) is 18.8 Å². The minimum Gasteiger partial charge on any atom is -0.195 e. The van der Waals surface area contributed by atoms with Crippen molar-refractivity contribution in [3.63, 3.8) is 0 Å². The van der Waals surface area contributed by atoms with E-state index in [-0.39, 0.29) is 0 Å². The zero-order chi connectivity index (χ0) is 11.5. The Bertz CT molecular complexity index is 286. The predicted molar refractivity (Wildman–Crippen MR) is 61.8 cm³/mol. The second-order valence-electron chi connectivity index (χ2n) is 4.20. The van der Waals surface area contributed by atoms with Crippen molar-refractivity contribution >= 4 is 10.2 Å². The molecule has 0 aliphatic carbocycles. The molecule has 0 spiro atoms. The van der Waals surface area contributed by atoms with Crippen LogP contribution in [0.15, 0.2) is 0 Å². The van der Waals surface area contributed by atoms with E-state index in [1.807, 2.05) is 13.8 Å². The van der Waals surface area contributed by atoms with Crippen molar-refractivity contribution in [3.8, 4) is 0 Å². The highest BCUT2D eigenvalue weighted by molar-refractivity contribution is 7.86. The van der Waals surface area contributed by atoms with Gasteiger partial charge in [-0.1, -0.05) is 20.8 Å². The lowest BCUT2D eigenvalue weighted by molar-refractivity contribution is 0.260. The Labute approximate surface area is 93.4 Å². The number of hydrogen-bond acceptors (Lipinski definition) is 2. The molecule has 0 amide bonds. The SMILES string of the molecule is CCN(CC)S(=O)(=O)N1CCCC(C)C1. The van der Waals surface area contributed by atoms with Gasteiger partial charge < -0.3 is 0 Å². The molecule has 4 nitrogen and oxygen atoms in total. The molecule has 1 saturated heterocycles. The molecule has 1 atom stereocenters. The highest BCUT2D eigenvalue weighted by Gasteiger charge is 2.30.